The fourth-order valence-corrected chi connectivity index (χ4v) is 1.89. The third-order valence-electron chi connectivity index (χ3n) is 3.42. The molecule has 0 saturated carbocycles. The molecule has 0 radical (unpaired) electrons. The van der Waals surface area contributed by atoms with Crippen molar-refractivity contribution in [3.05, 3.63) is 42.0 Å². The third kappa shape index (κ3) is 2.16. The number of para-hydroxylation sites is 1. The zero-order chi connectivity index (χ0) is 13.2. The number of nitrogens with two attached hydrogens (primary N) is 1. The summed E-state index contributed by atoms with van der Waals surface area (Å²) < 4.78 is 2.07. The molecule has 0 unspecified atom stereocenters. The van der Waals surface area contributed by atoms with Gasteiger partial charge in [-0.2, -0.15) is 0 Å². The highest BCUT2D eigenvalue weighted by Gasteiger charge is 2.27. The van der Waals surface area contributed by atoms with Crippen LogP contribution in [0.15, 0.2) is 30.3 Å². The Morgan fingerprint density at radius 1 is 1.17 bits per heavy atom. The van der Waals surface area contributed by atoms with Gasteiger partial charge in [0.1, 0.15) is 5.82 Å². The molecule has 0 aliphatic carbocycles. The number of nitrogens with zero attached hydrogens (tertiary/aromatic N) is 3. The van der Waals surface area contributed by atoms with Crippen molar-refractivity contribution in [2.75, 3.05) is 0 Å². The second-order valence-electron chi connectivity index (χ2n) is 5.05. The van der Waals surface area contributed by atoms with Crippen molar-refractivity contribution in [2.24, 2.45) is 5.73 Å². The van der Waals surface area contributed by atoms with Gasteiger partial charge in [-0.05, 0) is 18.6 Å². The first-order valence-corrected chi connectivity index (χ1v) is 6.30. The van der Waals surface area contributed by atoms with Crippen LogP contribution in [0.5, 0.6) is 0 Å². The summed E-state index contributed by atoms with van der Waals surface area (Å²) in [6, 6.07) is 10.1. The van der Waals surface area contributed by atoms with E-state index in [9.17, 15) is 0 Å². The molecule has 0 amide bonds. The molecular weight excluding hydrogens is 224 g/mol. The van der Waals surface area contributed by atoms with Crippen molar-refractivity contribution in [1.29, 1.82) is 0 Å². The van der Waals surface area contributed by atoms with Crippen LogP contribution in [-0.2, 0) is 12.0 Å². The standard InChI is InChI=1S/C14H20N4/c1-4-14(2,3)13-17-16-12(10-15)18(13)11-8-6-5-7-9-11/h5-9H,4,10,15H2,1-3H3. The van der Waals surface area contributed by atoms with Gasteiger partial charge < -0.3 is 5.73 Å². The number of aromatic nitrogens is 3. The normalized spacial score (nSPS) is 11.8. The summed E-state index contributed by atoms with van der Waals surface area (Å²) >= 11 is 0. The molecule has 1 aromatic carbocycles. The Morgan fingerprint density at radius 3 is 2.39 bits per heavy atom. The zero-order valence-electron chi connectivity index (χ0n) is 11.2. The Labute approximate surface area is 108 Å². The number of benzene rings is 1. The van der Waals surface area contributed by atoms with E-state index in [0.29, 0.717) is 6.54 Å². The molecule has 4 nitrogen and oxygen atoms in total. The zero-order valence-corrected chi connectivity index (χ0v) is 11.2. The van der Waals surface area contributed by atoms with Gasteiger partial charge in [-0.1, -0.05) is 39.0 Å². The van der Waals surface area contributed by atoms with Crippen LogP contribution < -0.4 is 5.73 Å². The van der Waals surface area contributed by atoms with Gasteiger partial charge in [0.05, 0.1) is 6.54 Å². The fourth-order valence-electron chi connectivity index (χ4n) is 1.89. The second-order valence-corrected chi connectivity index (χ2v) is 5.05. The molecular formula is C14H20N4. The lowest BCUT2D eigenvalue weighted by molar-refractivity contribution is 0.463. The molecule has 4 heteroatoms. The van der Waals surface area contributed by atoms with Crippen LogP contribution in [0.3, 0.4) is 0 Å². The Morgan fingerprint density at radius 2 is 1.83 bits per heavy atom. The molecule has 0 saturated heterocycles. The summed E-state index contributed by atoms with van der Waals surface area (Å²) in [6.45, 7) is 6.90. The minimum Gasteiger partial charge on any atom is -0.324 e. The van der Waals surface area contributed by atoms with Crippen molar-refractivity contribution in [3.8, 4) is 5.69 Å². The predicted octanol–water partition coefficient (Wildman–Crippen LogP) is 2.41. The van der Waals surface area contributed by atoms with Crippen molar-refractivity contribution >= 4 is 0 Å². The predicted molar refractivity (Wildman–Crippen MR) is 72.6 cm³/mol. The van der Waals surface area contributed by atoms with Gasteiger partial charge in [0.15, 0.2) is 5.82 Å². The molecule has 0 atom stereocenters. The largest absolute Gasteiger partial charge is 0.324 e. The number of hydrogen-bond donors (Lipinski definition) is 1. The maximum atomic E-state index is 5.76. The number of rotatable bonds is 4. The van der Waals surface area contributed by atoms with E-state index in [4.69, 9.17) is 5.73 Å². The summed E-state index contributed by atoms with van der Waals surface area (Å²) in [5.74, 6) is 1.77. The van der Waals surface area contributed by atoms with Gasteiger partial charge in [-0.15, -0.1) is 10.2 Å². The van der Waals surface area contributed by atoms with Crippen LogP contribution >= 0.6 is 0 Å². The lowest BCUT2D eigenvalue weighted by atomic mass is 9.89. The molecule has 1 aromatic heterocycles. The monoisotopic (exact) mass is 244 g/mol. The Bertz CT molecular complexity index is 514. The molecule has 0 aliphatic rings. The van der Waals surface area contributed by atoms with E-state index in [1.54, 1.807) is 0 Å². The van der Waals surface area contributed by atoms with Gasteiger partial charge in [-0.3, -0.25) is 4.57 Å². The van der Waals surface area contributed by atoms with Crippen LogP contribution in [0.25, 0.3) is 5.69 Å². The first-order chi connectivity index (χ1) is 8.60. The summed E-state index contributed by atoms with van der Waals surface area (Å²) in [5, 5.41) is 8.55. The van der Waals surface area contributed by atoms with Crippen molar-refractivity contribution in [1.82, 2.24) is 14.8 Å². The van der Waals surface area contributed by atoms with Crippen LogP contribution in [-0.4, -0.2) is 14.8 Å². The average molecular weight is 244 g/mol. The third-order valence-corrected chi connectivity index (χ3v) is 3.42. The van der Waals surface area contributed by atoms with E-state index >= 15 is 0 Å². The maximum Gasteiger partial charge on any atom is 0.151 e. The summed E-state index contributed by atoms with van der Waals surface area (Å²) in [6.07, 6.45) is 1.00. The number of hydrogen-bond acceptors (Lipinski definition) is 3. The van der Waals surface area contributed by atoms with E-state index in [2.05, 4.69) is 47.7 Å². The van der Waals surface area contributed by atoms with Gasteiger partial charge in [0.2, 0.25) is 0 Å². The smallest absolute Gasteiger partial charge is 0.151 e. The Hall–Kier alpha value is -1.68. The fraction of sp³-hybridized carbons (Fsp3) is 0.429. The molecule has 0 fully saturated rings. The van der Waals surface area contributed by atoms with Gasteiger partial charge in [0, 0.05) is 11.1 Å². The quantitative estimate of drug-likeness (QED) is 0.898. The second kappa shape index (κ2) is 4.90. The highest BCUT2D eigenvalue weighted by atomic mass is 15.3. The van der Waals surface area contributed by atoms with Crippen molar-refractivity contribution < 1.29 is 0 Å². The minimum atomic E-state index is -0.0176. The Kier molecular flexibility index (Phi) is 3.48. The van der Waals surface area contributed by atoms with E-state index in [0.717, 1.165) is 23.8 Å². The Balaban J connectivity index is 2.61. The van der Waals surface area contributed by atoms with E-state index in [-0.39, 0.29) is 5.41 Å². The van der Waals surface area contributed by atoms with E-state index in [1.165, 1.54) is 0 Å². The lowest BCUT2D eigenvalue weighted by Gasteiger charge is -2.23. The summed E-state index contributed by atoms with van der Waals surface area (Å²) in [5.41, 5.74) is 6.81. The van der Waals surface area contributed by atoms with E-state index in [1.807, 2.05) is 18.2 Å². The van der Waals surface area contributed by atoms with Crippen molar-refractivity contribution in [2.45, 2.75) is 39.2 Å². The molecule has 0 aliphatic heterocycles. The van der Waals surface area contributed by atoms with Gasteiger partial charge >= 0.3 is 0 Å². The van der Waals surface area contributed by atoms with Crippen LogP contribution in [0.1, 0.15) is 38.8 Å². The molecule has 0 spiro atoms. The average Bonchev–Trinajstić information content (AvgIpc) is 2.84. The van der Waals surface area contributed by atoms with Gasteiger partial charge in [0.25, 0.3) is 0 Å². The molecule has 2 aromatic rings. The topological polar surface area (TPSA) is 56.7 Å². The van der Waals surface area contributed by atoms with Crippen LogP contribution in [0.2, 0.25) is 0 Å². The molecule has 18 heavy (non-hydrogen) atoms. The van der Waals surface area contributed by atoms with Crippen LogP contribution in [0.4, 0.5) is 0 Å². The molecule has 2 N–H and O–H groups in total. The van der Waals surface area contributed by atoms with E-state index < -0.39 is 0 Å². The SMILES string of the molecule is CCC(C)(C)c1nnc(CN)n1-c1ccccc1. The molecule has 0 bridgehead atoms. The summed E-state index contributed by atoms with van der Waals surface area (Å²) in [4.78, 5) is 0. The molecule has 1 heterocycles. The maximum absolute atomic E-state index is 5.76. The van der Waals surface area contributed by atoms with Gasteiger partial charge in [-0.25, -0.2) is 0 Å². The minimum absolute atomic E-state index is 0.0176. The molecule has 2 rings (SSSR count). The summed E-state index contributed by atoms with van der Waals surface area (Å²) in [7, 11) is 0. The first kappa shape index (κ1) is 12.8. The highest BCUT2D eigenvalue weighted by Crippen LogP contribution is 2.27. The first-order valence-electron chi connectivity index (χ1n) is 6.30. The van der Waals surface area contributed by atoms with Crippen LogP contribution in [0, 0.1) is 0 Å². The van der Waals surface area contributed by atoms with Crippen molar-refractivity contribution in [3.63, 3.8) is 0 Å². The highest BCUT2D eigenvalue weighted by molar-refractivity contribution is 5.35. The molecule has 96 valence electrons. The lowest BCUT2D eigenvalue weighted by Crippen LogP contribution is -2.22.